The van der Waals surface area contributed by atoms with Crippen LogP contribution in [0.25, 0.3) is 22.3 Å². The summed E-state index contributed by atoms with van der Waals surface area (Å²) in [7, 11) is -5.40. The molecule has 0 aliphatic rings. The van der Waals surface area contributed by atoms with Crippen LogP contribution in [0.15, 0.2) is 72.8 Å². The molecule has 0 heterocycles. The van der Waals surface area contributed by atoms with Gasteiger partial charge in [-0.3, -0.25) is 0 Å². The molecule has 4 aromatic carbocycles. The second kappa shape index (κ2) is 12.3. The van der Waals surface area contributed by atoms with Crippen LogP contribution in [0.5, 0.6) is 28.7 Å². The first-order chi connectivity index (χ1) is 19.8. The van der Waals surface area contributed by atoms with E-state index in [4.69, 9.17) is 22.6 Å². The van der Waals surface area contributed by atoms with Gasteiger partial charge < -0.3 is 22.6 Å². The van der Waals surface area contributed by atoms with E-state index < -0.39 is 26.1 Å². The van der Waals surface area contributed by atoms with Crippen molar-refractivity contribution in [3.63, 3.8) is 0 Å². The summed E-state index contributed by atoms with van der Waals surface area (Å²) in [6.45, 7) is 1.72. The monoisotopic (exact) mass is 616 g/mol. The quantitative estimate of drug-likeness (QED) is 0.195. The first-order valence-electron chi connectivity index (χ1n) is 12.4. The van der Waals surface area contributed by atoms with Crippen molar-refractivity contribution >= 4 is 20.2 Å². The Bertz CT molecular complexity index is 1820. The second-order valence-electron chi connectivity index (χ2n) is 9.34. The van der Waals surface area contributed by atoms with Gasteiger partial charge in [0.05, 0.1) is 32.3 Å². The first-order valence-corrected chi connectivity index (χ1v) is 16.1. The molecule has 0 amide bonds. The van der Waals surface area contributed by atoms with Crippen molar-refractivity contribution in [1.29, 1.82) is 0 Å². The highest BCUT2D eigenvalue weighted by molar-refractivity contribution is 7.86. The fourth-order valence-electron chi connectivity index (χ4n) is 4.26. The lowest BCUT2D eigenvalue weighted by Gasteiger charge is -2.21. The summed E-state index contributed by atoms with van der Waals surface area (Å²) in [5.41, 5.74) is 2.49. The smallest absolute Gasteiger partial charge is 0.306 e. The Hall–Kier alpha value is -4.29. The third-order valence-electron chi connectivity index (χ3n) is 6.04. The lowest BCUT2D eigenvalue weighted by Crippen LogP contribution is -2.10. The minimum absolute atomic E-state index is 0.0252. The molecule has 0 unspecified atom stereocenters. The van der Waals surface area contributed by atoms with Gasteiger partial charge in [0.1, 0.15) is 18.2 Å². The average molecular weight is 617 g/mol. The molecular formula is C30H29FO9S2. The summed E-state index contributed by atoms with van der Waals surface area (Å²) in [4.78, 5) is 0. The molecule has 0 saturated heterocycles. The van der Waals surface area contributed by atoms with E-state index in [1.54, 1.807) is 25.1 Å². The zero-order chi connectivity index (χ0) is 30.7. The van der Waals surface area contributed by atoms with Crippen molar-refractivity contribution in [2.24, 2.45) is 0 Å². The van der Waals surface area contributed by atoms with E-state index in [2.05, 4.69) is 0 Å². The molecule has 12 heteroatoms. The summed E-state index contributed by atoms with van der Waals surface area (Å²) >= 11 is 0. The second-order valence-corrected chi connectivity index (χ2v) is 12.5. The summed E-state index contributed by atoms with van der Waals surface area (Å²) in [5, 5.41) is 0. The van der Waals surface area contributed by atoms with Gasteiger partial charge in [-0.05, 0) is 59.5 Å². The maximum Gasteiger partial charge on any atom is 0.306 e. The fraction of sp³-hybridized carbons (Fsp3) is 0.200. The molecule has 42 heavy (non-hydrogen) atoms. The van der Waals surface area contributed by atoms with Crippen LogP contribution in [0.2, 0.25) is 0 Å². The summed E-state index contributed by atoms with van der Waals surface area (Å²) in [6.07, 6.45) is 1.76. The van der Waals surface area contributed by atoms with E-state index in [-0.39, 0.29) is 46.5 Å². The van der Waals surface area contributed by atoms with Crippen molar-refractivity contribution in [2.45, 2.75) is 13.5 Å². The predicted molar refractivity (Wildman–Crippen MR) is 157 cm³/mol. The Balaban J connectivity index is 1.95. The largest absolute Gasteiger partial charge is 0.496 e. The fourth-order valence-corrected chi connectivity index (χ4v) is 5.18. The number of aryl methyl sites for hydroxylation is 1. The van der Waals surface area contributed by atoms with Gasteiger partial charge in [-0.1, -0.05) is 42.5 Å². The third kappa shape index (κ3) is 7.31. The third-order valence-corrected chi connectivity index (χ3v) is 6.99. The van der Waals surface area contributed by atoms with Gasteiger partial charge in [0, 0.05) is 5.56 Å². The number of methoxy groups -OCH3 is 2. The van der Waals surface area contributed by atoms with Crippen LogP contribution in [0, 0.1) is 12.7 Å². The zero-order valence-electron chi connectivity index (χ0n) is 23.5. The minimum Gasteiger partial charge on any atom is -0.496 e. The number of hydrogen-bond donors (Lipinski definition) is 0. The molecule has 222 valence electrons. The van der Waals surface area contributed by atoms with Crippen LogP contribution in [0.1, 0.15) is 11.1 Å². The molecule has 4 rings (SSSR count). The molecule has 0 N–H and O–H groups in total. The first kappa shape index (κ1) is 30.7. The normalized spacial score (nSPS) is 11.6. The number of benzene rings is 4. The Labute approximate surface area is 244 Å². The maximum absolute atomic E-state index is 14.0. The highest BCUT2D eigenvalue weighted by Crippen LogP contribution is 2.51. The van der Waals surface area contributed by atoms with E-state index in [1.165, 1.54) is 38.5 Å². The van der Waals surface area contributed by atoms with Crippen LogP contribution in [-0.4, -0.2) is 43.6 Å². The molecule has 0 aliphatic carbocycles. The van der Waals surface area contributed by atoms with E-state index in [9.17, 15) is 21.2 Å². The number of hydrogen-bond acceptors (Lipinski definition) is 9. The van der Waals surface area contributed by atoms with Crippen LogP contribution < -0.4 is 22.6 Å². The summed E-state index contributed by atoms with van der Waals surface area (Å²) < 4.78 is 91.1. The van der Waals surface area contributed by atoms with Gasteiger partial charge in [0.25, 0.3) is 0 Å². The number of ether oxygens (including phenoxy) is 3. The summed E-state index contributed by atoms with van der Waals surface area (Å²) in [5.74, 6) is -0.466. The van der Waals surface area contributed by atoms with Gasteiger partial charge in [0.15, 0.2) is 23.0 Å². The molecule has 0 spiro atoms. The van der Waals surface area contributed by atoms with E-state index in [0.717, 1.165) is 18.1 Å². The van der Waals surface area contributed by atoms with Crippen molar-refractivity contribution in [2.75, 3.05) is 26.7 Å². The van der Waals surface area contributed by atoms with E-state index in [1.807, 2.05) is 30.3 Å². The lowest BCUT2D eigenvalue weighted by molar-refractivity contribution is 0.296. The molecule has 4 aromatic rings. The van der Waals surface area contributed by atoms with Gasteiger partial charge in [-0.2, -0.15) is 16.8 Å². The molecular weight excluding hydrogens is 587 g/mol. The van der Waals surface area contributed by atoms with Gasteiger partial charge in [0.2, 0.25) is 0 Å². The summed E-state index contributed by atoms with van der Waals surface area (Å²) in [6, 6.07) is 19.6. The minimum atomic E-state index is -4.11. The molecule has 0 radical (unpaired) electrons. The van der Waals surface area contributed by atoms with Gasteiger partial charge in [-0.15, -0.1) is 0 Å². The van der Waals surface area contributed by atoms with Crippen LogP contribution in [0.4, 0.5) is 4.39 Å². The Kier molecular flexibility index (Phi) is 8.97. The highest BCUT2D eigenvalue weighted by Gasteiger charge is 2.27. The topological polar surface area (TPSA) is 114 Å². The predicted octanol–water partition coefficient (Wildman–Crippen LogP) is 5.74. The molecule has 0 fully saturated rings. The molecule has 0 atom stereocenters. The highest BCUT2D eigenvalue weighted by atomic mass is 32.2. The molecule has 0 aliphatic heterocycles. The van der Waals surface area contributed by atoms with Crippen LogP contribution in [-0.2, 0) is 26.8 Å². The van der Waals surface area contributed by atoms with Crippen molar-refractivity contribution in [3.8, 4) is 51.0 Å². The molecule has 0 bridgehead atoms. The van der Waals surface area contributed by atoms with Crippen LogP contribution >= 0.6 is 0 Å². The van der Waals surface area contributed by atoms with E-state index >= 15 is 0 Å². The van der Waals surface area contributed by atoms with Crippen molar-refractivity contribution in [1.82, 2.24) is 0 Å². The average Bonchev–Trinajstić information content (AvgIpc) is 2.92. The van der Waals surface area contributed by atoms with E-state index in [0.29, 0.717) is 16.7 Å². The number of halogens is 1. The Morgan fingerprint density at radius 2 is 1.36 bits per heavy atom. The van der Waals surface area contributed by atoms with Crippen LogP contribution in [0.3, 0.4) is 0 Å². The molecule has 0 aromatic heterocycles. The molecule has 0 saturated carbocycles. The van der Waals surface area contributed by atoms with Crippen molar-refractivity contribution in [3.05, 3.63) is 89.7 Å². The molecule has 9 nitrogen and oxygen atoms in total. The number of rotatable bonds is 11. The SMILES string of the molecule is COc1cc(-c2ccc(F)c(C)c2)c(OC)c(OS(C)(=O)=O)c1-c1ccc(OCc2ccccc2)c(OS(C)(=O)=O)c1. The standard InChI is InChI=1S/C30H29FO9S2/c1-19-15-21(11-13-24(19)31)23-17-27(36-2)28(30(29(23)37-3)40-42(5,34)35)22-12-14-25(26(16-22)39-41(4,32)33)38-18-20-9-7-6-8-10-20/h6-17H,18H2,1-5H3. The van der Waals surface area contributed by atoms with Gasteiger partial charge >= 0.3 is 20.2 Å². The maximum atomic E-state index is 14.0. The van der Waals surface area contributed by atoms with Crippen molar-refractivity contribution < 1.29 is 43.8 Å². The Morgan fingerprint density at radius 1 is 0.690 bits per heavy atom. The lowest BCUT2D eigenvalue weighted by atomic mass is 9.95. The zero-order valence-corrected chi connectivity index (χ0v) is 25.1. The Morgan fingerprint density at radius 3 is 1.95 bits per heavy atom. The van der Waals surface area contributed by atoms with Gasteiger partial charge in [-0.25, -0.2) is 4.39 Å².